The van der Waals surface area contributed by atoms with Crippen molar-refractivity contribution in [2.75, 3.05) is 5.32 Å². The van der Waals surface area contributed by atoms with Gasteiger partial charge in [0, 0.05) is 23.6 Å². The predicted octanol–water partition coefficient (Wildman–Crippen LogP) is 6.19. The van der Waals surface area contributed by atoms with E-state index in [0.29, 0.717) is 22.9 Å². The van der Waals surface area contributed by atoms with Gasteiger partial charge in [0.1, 0.15) is 12.1 Å². The number of aryl methyl sites for hydroxylation is 1. The molecule has 1 N–H and O–H groups in total. The number of rotatable bonds is 5. The molecule has 0 saturated heterocycles. The highest BCUT2D eigenvalue weighted by atomic mass is 16.5. The highest BCUT2D eigenvalue weighted by molar-refractivity contribution is 6.04. The minimum Gasteiger partial charge on any atom is -0.438 e. The van der Waals surface area contributed by atoms with E-state index in [9.17, 15) is 4.79 Å². The number of carbonyl (C=O) groups excluding carboxylic acids is 1. The molecule has 0 aliphatic rings. The predicted molar refractivity (Wildman–Crippen MR) is 130 cm³/mol. The quantitative estimate of drug-likeness (QED) is 0.402. The van der Waals surface area contributed by atoms with Crippen molar-refractivity contribution < 1.29 is 9.53 Å². The highest BCUT2D eigenvalue weighted by Gasteiger charge is 2.15. The molecule has 2 aromatic carbocycles. The van der Waals surface area contributed by atoms with Crippen molar-refractivity contribution in [2.45, 2.75) is 33.1 Å². The summed E-state index contributed by atoms with van der Waals surface area (Å²) in [5.41, 5.74) is 4.84. The Morgan fingerprint density at radius 1 is 0.939 bits per heavy atom. The van der Waals surface area contributed by atoms with Crippen molar-refractivity contribution in [3.63, 3.8) is 0 Å². The molecule has 2 aromatic heterocycles. The number of anilines is 1. The summed E-state index contributed by atoms with van der Waals surface area (Å²) in [4.78, 5) is 25.5. The molecule has 1 amide bonds. The average Bonchev–Trinajstić information content (AvgIpc) is 2.81. The summed E-state index contributed by atoms with van der Waals surface area (Å²) < 4.78 is 6.14. The van der Waals surface area contributed by atoms with Gasteiger partial charge >= 0.3 is 0 Å². The van der Waals surface area contributed by atoms with Gasteiger partial charge < -0.3 is 10.1 Å². The molecule has 0 aliphatic carbocycles. The number of hydrogen-bond acceptors (Lipinski definition) is 5. The number of hydrogen-bond donors (Lipinski definition) is 1. The van der Waals surface area contributed by atoms with Gasteiger partial charge in [-0.3, -0.25) is 4.79 Å². The first kappa shape index (κ1) is 22.1. The number of benzene rings is 2. The fourth-order valence-electron chi connectivity index (χ4n) is 3.33. The molecule has 6 heteroatoms. The van der Waals surface area contributed by atoms with Crippen LogP contribution in [0.15, 0.2) is 79.4 Å². The number of aromatic nitrogens is 3. The summed E-state index contributed by atoms with van der Waals surface area (Å²) in [5.74, 6) is 0.759. The third kappa shape index (κ3) is 5.23. The molecule has 0 bridgehead atoms. The molecule has 0 aliphatic heterocycles. The number of ether oxygens (including phenoxy) is 1. The van der Waals surface area contributed by atoms with E-state index in [1.54, 1.807) is 30.6 Å². The fraction of sp³-hybridized carbons (Fsp3) is 0.185. The van der Waals surface area contributed by atoms with Crippen LogP contribution in [0.2, 0.25) is 0 Å². The van der Waals surface area contributed by atoms with E-state index in [1.807, 2.05) is 49.4 Å². The fourth-order valence-corrected chi connectivity index (χ4v) is 3.33. The van der Waals surface area contributed by atoms with Crippen molar-refractivity contribution in [3.8, 4) is 22.9 Å². The Bertz CT molecular complexity index is 1260. The van der Waals surface area contributed by atoms with Crippen molar-refractivity contribution in [3.05, 3.63) is 96.1 Å². The first-order valence-corrected chi connectivity index (χ1v) is 10.7. The maximum absolute atomic E-state index is 12.9. The molecule has 0 radical (unpaired) electrons. The monoisotopic (exact) mass is 438 g/mol. The van der Waals surface area contributed by atoms with Gasteiger partial charge in [0.05, 0.1) is 11.3 Å². The van der Waals surface area contributed by atoms with Crippen molar-refractivity contribution in [1.82, 2.24) is 15.0 Å². The van der Waals surface area contributed by atoms with Crippen LogP contribution in [0.1, 0.15) is 42.3 Å². The highest BCUT2D eigenvalue weighted by Crippen LogP contribution is 2.32. The van der Waals surface area contributed by atoms with Gasteiger partial charge in [-0.15, -0.1) is 0 Å². The topological polar surface area (TPSA) is 77.0 Å². The third-order valence-electron chi connectivity index (χ3n) is 5.29. The molecular weight excluding hydrogens is 412 g/mol. The van der Waals surface area contributed by atoms with Crippen LogP contribution in [0.25, 0.3) is 11.3 Å². The van der Waals surface area contributed by atoms with E-state index in [4.69, 9.17) is 4.74 Å². The molecule has 166 valence electrons. The molecule has 0 spiro atoms. The zero-order valence-corrected chi connectivity index (χ0v) is 19.2. The normalized spacial score (nSPS) is 11.2. The van der Waals surface area contributed by atoms with E-state index in [1.165, 1.54) is 11.9 Å². The molecule has 0 fully saturated rings. The van der Waals surface area contributed by atoms with E-state index in [2.05, 4.69) is 41.0 Å². The van der Waals surface area contributed by atoms with Crippen molar-refractivity contribution >= 4 is 11.6 Å². The largest absolute Gasteiger partial charge is 0.438 e. The van der Waals surface area contributed by atoms with Gasteiger partial charge in [-0.2, -0.15) is 0 Å². The Morgan fingerprint density at radius 2 is 1.73 bits per heavy atom. The second-order valence-electron chi connectivity index (χ2n) is 8.81. The Hall–Kier alpha value is -4.06. The number of nitrogens with one attached hydrogen (secondary N) is 1. The standard InChI is InChI=1S/C27H26N4O2/c1-18-7-8-19(25(32)31-21-11-9-20(10-12-21)27(2,3)4)16-24(18)33-26-22(6-5-14-29-26)23-13-15-28-17-30-23/h5-17H,1-4H3,(H,31,32). The Morgan fingerprint density at radius 3 is 2.42 bits per heavy atom. The number of carbonyl (C=O) groups is 1. The summed E-state index contributed by atoms with van der Waals surface area (Å²) in [5, 5.41) is 2.96. The summed E-state index contributed by atoms with van der Waals surface area (Å²) >= 11 is 0. The van der Waals surface area contributed by atoms with Gasteiger partial charge in [-0.25, -0.2) is 15.0 Å². The first-order chi connectivity index (χ1) is 15.8. The minimum atomic E-state index is -0.208. The lowest BCUT2D eigenvalue weighted by atomic mass is 9.87. The van der Waals surface area contributed by atoms with Crippen LogP contribution in [-0.2, 0) is 5.41 Å². The minimum absolute atomic E-state index is 0.0574. The van der Waals surface area contributed by atoms with E-state index in [-0.39, 0.29) is 11.3 Å². The molecule has 4 aromatic rings. The van der Waals surface area contributed by atoms with E-state index in [0.717, 1.165) is 16.8 Å². The van der Waals surface area contributed by atoms with Crippen LogP contribution < -0.4 is 10.1 Å². The molecule has 33 heavy (non-hydrogen) atoms. The maximum Gasteiger partial charge on any atom is 0.255 e. The van der Waals surface area contributed by atoms with Crippen molar-refractivity contribution in [2.24, 2.45) is 0 Å². The summed E-state index contributed by atoms with van der Waals surface area (Å²) in [6.07, 6.45) is 4.81. The Balaban J connectivity index is 1.56. The van der Waals surface area contributed by atoms with E-state index < -0.39 is 0 Å². The average molecular weight is 439 g/mol. The molecule has 6 nitrogen and oxygen atoms in total. The molecule has 0 atom stereocenters. The summed E-state index contributed by atoms with van der Waals surface area (Å²) in [7, 11) is 0. The van der Waals surface area contributed by atoms with Crippen LogP contribution in [0.4, 0.5) is 5.69 Å². The van der Waals surface area contributed by atoms with Crippen LogP contribution in [0.3, 0.4) is 0 Å². The SMILES string of the molecule is Cc1ccc(C(=O)Nc2ccc(C(C)(C)C)cc2)cc1Oc1ncccc1-c1ccncn1. The number of nitrogens with zero attached hydrogens (tertiary/aromatic N) is 3. The van der Waals surface area contributed by atoms with Crippen LogP contribution in [0, 0.1) is 6.92 Å². The lowest BCUT2D eigenvalue weighted by Crippen LogP contribution is -2.13. The van der Waals surface area contributed by atoms with Crippen LogP contribution in [-0.4, -0.2) is 20.9 Å². The van der Waals surface area contributed by atoms with Crippen LogP contribution in [0.5, 0.6) is 11.6 Å². The Kier molecular flexibility index (Phi) is 6.18. The molecular formula is C27H26N4O2. The Labute approximate surface area is 193 Å². The second kappa shape index (κ2) is 9.20. The molecule has 0 saturated carbocycles. The molecule has 0 unspecified atom stereocenters. The lowest BCUT2D eigenvalue weighted by molar-refractivity contribution is 0.102. The lowest BCUT2D eigenvalue weighted by Gasteiger charge is -2.19. The zero-order chi connectivity index (χ0) is 23.4. The summed E-state index contributed by atoms with van der Waals surface area (Å²) in [6.45, 7) is 8.40. The number of pyridine rings is 1. The second-order valence-corrected chi connectivity index (χ2v) is 8.81. The maximum atomic E-state index is 12.9. The van der Waals surface area contributed by atoms with Crippen LogP contribution >= 0.6 is 0 Å². The van der Waals surface area contributed by atoms with Gasteiger partial charge in [0.15, 0.2) is 0 Å². The third-order valence-corrected chi connectivity index (χ3v) is 5.29. The van der Waals surface area contributed by atoms with Gasteiger partial charge in [0.25, 0.3) is 5.91 Å². The van der Waals surface area contributed by atoms with Gasteiger partial charge in [-0.1, -0.05) is 39.0 Å². The molecule has 4 rings (SSSR count). The zero-order valence-electron chi connectivity index (χ0n) is 19.2. The summed E-state index contributed by atoms with van der Waals surface area (Å²) in [6, 6.07) is 18.8. The van der Waals surface area contributed by atoms with E-state index >= 15 is 0 Å². The molecule has 2 heterocycles. The smallest absolute Gasteiger partial charge is 0.255 e. The first-order valence-electron chi connectivity index (χ1n) is 10.7. The number of amides is 1. The van der Waals surface area contributed by atoms with Gasteiger partial charge in [-0.05, 0) is 65.9 Å². The van der Waals surface area contributed by atoms with Gasteiger partial charge in [0.2, 0.25) is 5.88 Å². The van der Waals surface area contributed by atoms with Crippen molar-refractivity contribution in [1.29, 1.82) is 0 Å².